The number of nitrogens with zero attached hydrogens (tertiary/aromatic N) is 2. The van der Waals surface area contributed by atoms with Crippen molar-refractivity contribution in [3.05, 3.63) is 57.9 Å². The van der Waals surface area contributed by atoms with Gasteiger partial charge in [-0.2, -0.15) is 5.10 Å². The van der Waals surface area contributed by atoms with Gasteiger partial charge in [0.1, 0.15) is 5.75 Å². The molecule has 0 radical (unpaired) electrons. The zero-order chi connectivity index (χ0) is 16.9. The standard InChI is InChI=1S/C17H15IN4O2/c1-11-16(12-6-8-19-9-7-12)21-22-17(11)20-15(23)10-24-14-4-2-13(18)3-5-14/h2-9H,10H2,1H3,(H2,20,21,22,23). The van der Waals surface area contributed by atoms with Gasteiger partial charge in [0, 0.05) is 27.1 Å². The highest BCUT2D eigenvalue weighted by Crippen LogP contribution is 2.25. The maximum absolute atomic E-state index is 12.0. The summed E-state index contributed by atoms with van der Waals surface area (Å²) < 4.78 is 6.58. The zero-order valence-corrected chi connectivity index (χ0v) is 15.1. The maximum atomic E-state index is 12.0. The molecule has 3 aromatic rings. The smallest absolute Gasteiger partial charge is 0.263 e. The van der Waals surface area contributed by atoms with Gasteiger partial charge in [-0.3, -0.25) is 14.9 Å². The Labute approximate surface area is 152 Å². The van der Waals surface area contributed by atoms with Gasteiger partial charge in [0.15, 0.2) is 12.4 Å². The van der Waals surface area contributed by atoms with Gasteiger partial charge in [-0.25, -0.2) is 0 Å². The first-order chi connectivity index (χ1) is 11.6. The fourth-order valence-corrected chi connectivity index (χ4v) is 2.53. The van der Waals surface area contributed by atoms with E-state index in [-0.39, 0.29) is 12.5 Å². The molecule has 2 aromatic heterocycles. The number of anilines is 1. The molecule has 1 amide bonds. The van der Waals surface area contributed by atoms with Crippen molar-refractivity contribution in [3.63, 3.8) is 0 Å². The third-order valence-corrected chi connectivity index (χ3v) is 4.14. The molecule has 0 aliphatic rings. The summed E-state index contributed by atoms with van der Waals surface area (Å²) in [6, 6.07) is 11.3. The fraction of sp³-hybridized carbons (Fsp3) is 0.118. The predicted molar refractivity (Wildman–Crippen MR) is 99.8 cm³/mol. The van der Waals surface area contributed by atoms with Crippen molar-refractivity contribution < 1.29 is 9.53 Å². The number of aromatic nitrogens is 3. The van der Waals surface area contributed by atoms with Crippen molar-refractivity contribution in [2.75, 3.05) is 11.9 Å². The second kappa shape index (κ2) is 7.43. The van der Waals surface area contributed by atoms with Crippen molar-refractivity contribution in [2.45, 2.75) is 6.92 Å². The van der Waals surface area contributed by atoms with E-state index in [0.29, 0.717) is 11.6 Å². The number of benzene rings is 1. The highest BCUT2D eigenvalue weighted by molar-refractivity contribution is 14.1. The lowest BCUT2D eigenvalue weighted by Crippen LogP contribution is -2.20. The number of pyridine rings is 1. The lowest BCUT2D eigenvalue weighted by atomic mass is 10.1. The van der Waals surface area contributed by atoms with Gasteiger partial charge in [-0.15, -0.1) is 0 Å². The Balaban J connectivity index is 1.63. The van der Waals surface area contributed by atoms with Crippen LogP contribution in [0.3, 0.4) is 0 Å². The molecule has 0 aliphatic carbocycles. The van der Waals surface area contributed by atoms with Crippen molar-refractivity contribution in [3.8, 4) is 17.0 Å². The molecule has 0 atom stereocenters. The van der Waals surface area contributed by atoms with Crippen LogP contribution in [-0.2, 0) is 4.79 Å². The zero-order valence-electron chi connectivity index (χ0n) is 12.9. The molecule has 0 bridgehead atoms. The first-order valence-corrected chi connectivity index (χ1v) is 8.35. The highest BCUT2D eigenvalue weighted by Gasteiger charge is 2.13. The molecule has 24 heavy (non-hydrogen) atoms. The van der Waals surface area contributed by atoms with Gasteiger partial charge in [0.05, 0.1) is 5.69 Å². The molecule has 0 fully saturated rings. The summed E-state index contributed by atoms with van der Waals surface area (Å²) in [6.07, 6.45) is 3.42. The number of hydrogen-bond acceptors (Lipinski definition) is 4. The average Bonchev–Trinajstić information content (AvgIpc) is 2.96. The summed E-state index contributed by atoms with van der Waals surface area (Å²) in [5.74, 6) is 0.893. The Morgan fingerprint density at radius 3 is 2.62 bits per heavy atom. The van der Waals surface area contributed by atoms with E-state index in [2.05, 4.69) is 43.1 Å². The number of rotatable bonds is 5. The van der Waals surface area contributed by atoms with Crippen LogP contribution in [0.2, 0.25) is 0 Å². The number of carbonyl (C=O) groups excluding carboxylic acids is 1. The summed E-state index contributed by atoms with van der Waals surface area (Å²) in [4.78, 5) is 16.0. The van der Waals surface area contributed by atoms with Crippen LogP contribution >= 0.6 is 22.6 Å². The van der Waals surface area contributed by atoms with Gasteiger partial charge >= 0.3 is 0 Å². The Morgan fingerprint density at radius 2 is 1.92 bits per heavy atom. The molecule has 0 aliphatic heterocycles. The quantitative estimate of drug-likeness (QED) is 0.604. The van der Waals surface area contributed by atoms with Crippen LogP contribution < -0.4 is 10.1 Å². The molecule has 0 saturated heterocycles. The molecule has 0 saturated carbocycles. The summed E-state index contributed by atoms with van der Waals surface area (Å²) in [5, 5.41) is 9.86. The summed E-state index contributed by atoms with van der Waals surface area (Å²) in [7, 11) is 0. The molecular weight excluding hydrogens is 419 g/mol. The average molecular weight is 434 g/mol. The minimum Gasteiger partial charge on any atom is -0.484 e. The number of nitrogens with one attached hydrogen (secondary N) is 2. The fourth-order valence-electron chi connectivity index (χ4n) is 2.17. The van der Waals surface area contributed by atoms with Gasteiger partial charge in [0.25, 0.3) is 5.91 Å². The second-order valence-electron chi connectivity index (χ2n) is 5.10. The van der Waals surface area contributed by atoms with Crippen molar-refractivity contribution in [1.82, 2.24) is 15.2 Å². The number of aromatic amines is 1. The van der Waals surface area contributed by atoms with Crippen LogP contribution in [0.5, 0.6) is 5.75 Å². The van der Waals surface area contributed by atoms with E-state index < -0.39 is 0 Å². The normalized spacial score (nSPS) is 10.4. The first-order valence-electron chi connectivity index (χ1n) is 7.27. The summed E-state index contributed by atoms with van der Waals surface area (Å²) in [5.41, 5.74) is 2.68. The van der Waals surface area contributed by atoms with Gasteiger partial charge < -0.3 is 10.1 Å². The van der Waals surface area contributed by atoms with Crippen LogP contribution in [0.4, 0.5) is 5.82 Å². The van der Waals surface area contributed by atoms with Gasteiger partial charge in [-0.1, -0.05) is 0 Å². The molecule has 1 aromatic carbocycles. The first kappa shape index (κ1) is 16.4. The van der Waals surface area contributed by atoms with Gasteiger partial charge in [-0.05, 0) is 65.9 Å². The van der Waals surface area contributed by atoms with E-state index in [1.54, 1.807) is 12.4 Å². The highest BCUT2D eigenvalue weighted by atomic mass is 127. The monoisotopic (exact) mass is 434 g/mol. The van der Waals surface area contributed by atoms with Crippen LogP contribution in [0.25, 0.3) is 11.3 Å². The Hall–Kier alpha value is -2.42. The SMILES string of the molecule is Cc1c(NC(=O)COc2ccc(I)cc2)n[nH]c1-c1ccncc1. The van der Waals surface area contributed by atoms with E-state index in [4.69, 9.17) is 4.74 Å². The Morgan fingerprint density at radius 1 is 1.21 bits per heavy atom. The molecule has 2 N–H and O–H groups in total. The van der Waals surface area contributed by atoms with Crippen LogP contribution in [0.1, 0.15) is 5.56 Å². The molecule has 0 spiro atoms. The van der Waals surface area contributed by atoms with Crippen LogP contribution in [-0.4, -0.2) is 27.7 Å². The minimum atomic E-state index is -0.260. The Bertz CT molecular complexity index is 832. The topological polar surface area (TPSA) is 79.9 Å². The largest absolute Gasteiger partial charge is 0.484 e. The van der Waals surface area contributed by atoms with Gasteiger partial charge in [0.2, 0.25) is 0 Å². The number of carbonyl (C=O) groups is 1. The number of amides is 1. The van der Waals surface area contributed by atoms with Crippen molar-refractivity contribution in [2.24, 2.45) is 0 Å². The molecule has 6 nitrogen and oxygen atoms in total. The minimum absolute atomic E-state index is 0.0719. The number of hydrogen-bond donors (Lipinski definition) is 2. The van der Waals surface area contributed by atoms with Crippen LogP contribution in [0.15, 0.2) is 48.8 Å². The van der Waals surface area contributed by atoms with Crippen LogP contribution in [0, 0.1) is 10.5 Å². The number of halogens is 1. The molecule has 0 unspecified atom stereocenters. The van der Waals surface area contributed by atoms with E-state index in [1.165, 1.54) is 0 Å². The lowest BCUT2D eigenvalue weighted by Gasteiger charge is -2.06. The summed E-state index contributed by atoms with van der Waals surface area (Å²) >= 11 is 2.21. The molecule has 7 heteroatoms. The molecule has 122 valence electrons. The third-order valence-electron chi connectivity index (χ3n) is 3.42. The van der Waals surface area contributed by atoms with Crippen molar-refractivity contribution >= 4 is 34.3 Å². The number of ether oxygens (including phenoxy) is 1. The molecular formula is C17H15IN4O2. The maximum Gasteiger partial charge on any atom is 0.263 e. The predicted octanol–water partition coefficient (Wildman–Crippen LogP) is 3.40. The lowest BCUT2D eigenvalue weighted by molar-refractivity contribution is -0.118. The second-order valence-corrected chi connectivity index (χ2v) is 6.34. The van der Waals surface area contributed by atoms with E-state index in [9.17, 15) is 4.79 Å². The third kappa shape index (κ3) is 3.91. The molecule has 2 heterocycles. The van der Waals surface area contributed by atoms with E-state index in [1.807, 2.05) is 43.3 Å². The van der Waals surface area contributed by atoms with E-state index in [0.717, 1.165) is 20.4 Å². The summed E-state index contributed by atoms with van der Waals surface area (Å²) in [6.45, 7) is 1.83. The Kier molecular flexibility index (Phi) is 5.09. The molecule has 3 rings (SSSR count). The van der Waals surface area contributed by atoms with Crippen molar-refractivity contribution in [1.29, 1.82) is 0 Å². The number of H-pyrrole nitrogens is 1. The van der Waals surface area contributed by atoms with E-state index >= 15 is 0 Å².